The molecule has 1 atom stereocenters. The summed E-state index contributed by atoms with van der Waals surface area (Å²) in [6, 6.07) is 5.18. The minimum absolute atomic E-state index is 0.140. The highest BCUT2D eigenvalue weighted by atomic mass is 32.2. The fourth-order valence-electron chi connectivity index (χ4n) is 2.62. The second kappa shape index (κ2) is 8.59. The van der Waals surface area contributed by atoms with Crippen LogP contribution in [0.1, 0.15) is 37.0 Å². The first-order valence-electron chi connectivity index (χ1n) is 8.50. The predicted molar refractivity (Wildman–Crippen MR) is 98.0 cm³/mol. The van der Waals surface area contributed by atoms with Crippen LogP contribution in [0.15, 0.2) is 24.3 Å². The Kier molecular flexibility index (Phi) is 6.68. The maximum Gasteiger partial charge on any atom is 0.324 e. The number of amides is 1. The van der Waals surface area contributed by atoms with E-state index in [0.717, 1.165) is 4.31 Å². The Labute approximate surface area is 158 Å². The molecule has 1 heterocycles. The standard InChI is InChI=1S/C17H23N3O6S/c1-11(2)16(22)19-13-7-5-12(6-8-13)15(21)10-26-17(23)14-4-3-9-20(14)27(18,24)25/h5-8,11,14H,3-4,9-10H2,1-2H3,(H,19,22)(H2,18,24,25)/t14-/m1/s1. The van der Waals surface area contributed by atoms with Crippen molar-refractivity contribution in [2.45, 2.75) is 32.7 Å². The number of carbonyl (C=O) groups is 3. The van der Waals surface area contributed by atoms with Crippen molar-refractivity contribution in [3.63, 3.8) is 0 Å². The molecule has 0 spiro atoms. The highest BCUT2D eigenvalue weighted by Gasteiger charge is 2.38. The summed E-state index contributed by atoms with van der Waals surface area (Å²) in [4.78, 5) is 35.9. The van der Waals surface area contributed by atoms with Gasteiger partial charge in [-0.2, -0.15) is 12.7 Å². The minimum atomic E-state index is -4.00. The number of nitrogens with zero attached hydrogens (tertiary/aromatic N) is 1. The van der Waals surface area contributed by atoms with Crippen molar-refractivity contribution in [2.75, 3.05) is 18.5 Å². The Hall–Kier alpha value is -2.30. The van der Waals surface area contributed by atoms with Gasteiger partial charge >= 0.3 is 5.97 Å². The van der Waals surface area contributed by atoms with Crippen molar-refractivity contribution < 1.29 is 27.5 Å². The Morgan fingerprint density at radius 2 is 1.89 bits per heavy atom. The lowest BCUT2D eigenvalue weighted by Crippen LogP contribution is -2.44. The molecule has 1 amide bonds. The van der Waals surface area contributed by atoms with Gasteiger partial charge in [0.05, 0.1) is 0 Å². The number of nitrogens with one attached hydrogen (secondary N) is 1. The number of carbonyl (C=O) groups excluding carboxylic acids is 3. The normalized spacial score (nSPS) is 17.7. The van der Waals surface area contributed by atoms with Crippen LogP contribution in [0.2, 0.25) is 0 Å². The maximum atomic E-state index is 12.2. The predicted octanol–water partition coefficient (Wildman–Crippen LogP) is 0.675. The van der Waals surface area contributed by atoms with Gasteiger partial charge in [-0.15, -0.1) is 0 Å². The number of ketones is 1. The zero-order chi connectivity index (χ0) is 20.2. The summed E-state index contributed by atoms with van der Waals surface area (Å²) in [6.45, 7) is 3.17. The van der Waals surface area contributed by atoms with E-state index in [-0.39, 0.29) is 18.4 Å². The van der Waals surface area contributed by atoms with E-state index in [1.54, 1.807) is 26.0 Å². The van der Waals surface area contributed by atoms with Crippen LogP contribution < -0.4 is 10.5 Å². The fraction of sp³-hybridized carbons (Fsp3) is 0.471. The number of hydrogen-bond acceptors (Lipinski definition) is 6. The average Bonchev–Trinajstić information content (AvgIpc) is 3.10. The molecule has 1 aromatic rings. The topological polar surface area (TPSA) is 136 Å². The van der Waals surface area contributed by atoms with Gasteiger partial charge in [0.1, 0.15) is 6.04 Å². The first-order chi connectivity index (χ1) is 12.6. The second-order valence-electron chi connectivity index (χ2n) is 6.57. The molecule has 0 aromatic heterocycles. The van der Waals surface area contributed by atoms with E-state index in [9.17, 15) is 22.8 Å². The minimum Gasteiger partial charge on any atom is -0.456 e. The lowest BCUT2D eigenvalue weighted by molar-refractivity contribution is -0.146. The van der Waals surface area contributed by atoms with Crippen molar-refractivity contribution in [1.82, 2.24) is 4.31 Å². The SMILES string of the molecule is CC(C)C(=O)Nc1ccc(C(=O)COC(=O)[C@H]2CCCN2S(N)(=O)=O)cc1. The summed E-state index contributed by atoms with van der Waals surface area (Å²) in [5.74, 6) is -1.54. The van der Waals surface area contributed by atoms with Gasteiger partial charge in [-0.05, 0) is 37.1 Å². The zero-order valence-electron chi connectivity index (χ0n) is 15.2. The smallest absolute Gasteiger partial charge is 0.324 e. The molecule has 27 heavy (non-hydrogen) atoms. The second-order valence-corrected chi connectivity index (χ2v) is 8.06. The number of rotatable bonds is 7. The number of anilines is 1. The van der Waals surface area contributed by atoms with E-state index in [0.29, 0.717) is 24.1 Å². The van der Waals surface area contributed by atoms with Gasteiger partial charge in [-0.25, -0.2) is 5.14 Å². The number of benzene rings is 1. The molecular weight excluding hydrogens is 374 g/mol. The van der Waals surface area contributed by atoms with Crippen molar-refractivity contribution >= 4 is 33.6 Å². The molecule has 9 nitrogen and oxygen atoms in total. The van der Waals surface area contributed by atoms with Crippen molar-refractivity contribution in [3.8, 4) is 0 Å². The third-order valence-electron chi connectivity index (χ3n) is 4.15. The van der Waals surface area contributed by atoms with Gasteiger partial charge in [0.2, 0.25) is 5.91 Å². The molecule has 0 bridgehead atoms. The van der Waals surface area contributed by atoms with Crippen LogP contribution in [0.25, 0.3) is 0 Å². The van der Waals surface area contributed by atoms with E-state index < -0.39 is 34.6 Å². The van der Waals surface area contributed by atoms with Crippen molar-refractivity contribution in [2.24, 2.45) is 11.1 Å². The van der Waals surface area contributed by atoms with Crippen LogP contribution in [0.3, 0.4) is 0 Å². The molecule has 0 saturated carbocycles. The first-order valence-corrected chi connectivity index (χ1v) is 10.00. The largest absolute Gasteiger partial charge is 0.456 e. The molecule has 0 aliphatic carbocycles. The highest BCUT2D eigenvalue weighted by molar-refractivity contribution is 7.86. The Bertz CT molecular complexity index is 820. The van der Waals surface area contributed by atoms with Crippen LogP contribution in [-0.2, 0) is 24.5 Å². The molecule has 0 radical (unpaired) electrons. The average molecular weight is 397 g/mol. The molecule has 148 valence electrons. The van der Waals surface area contributed by atoms with E-state index in [4.69, 9.17) is 9.88 Å². The summed E-state index contributed by atoms with van der Waals surface area (Å²) in [7, 11) is -4.00. The van der Waals surface area contributed by atoms with Crippen LogP contribution in [0.4, 0.5) is 5.69 Å². The molecule has 1 saturated heterocycles. The summed E-state index contributed by atoms with van der Waals surface area (Å²) in [5, 5.41) is 7.78. The molecule has 1 aliphatic rings. The Morgan fingerprint density at radius 3 is 2.44 bits per heavy atom. The third-order valence-corrected chi connectivity index (χ3v) is 5.24. The van der Waals surface area contributed by atoms with Gasteiger partial charge < -0.3 is 10.1 Å². The summed E-state index contributed by atoms with van der Waals surface area (Å²) in [6.07, 6.45) is 0.793. The molecule has 0 unspecified atom stereocenters. The molecule has 2 rings (SSSR count). The van der Waals surface area contributed by atoms with Gasteiger partial charge in [-0.3, -0.25) is 14.4 Å². The summed E-state index contributed by atoms with van der Waals surface area (Å²) < 4.78 is 28.8. The lowest BCUT2D eigenvalue weighted by atomic mass is 10.1. The van der Waals surface area contributed by atoms with Crippen LogP contribution in [0.5, 0.6) is 0 Å². The monoisotopic (exact) mass is 397 g/mol. The fourth-order valence-corrected chi connectivity index (χ4v) is 3.55. The number of hydrogen-bond donors (Lipinski definition) is 2. The van der Waals surface area contributed by atoms with E-state index in [2.05, 4.69) is 5.32 Å². The summed E-state index contributed by atoms with van der Waals surface area (Å²) in [5.41, 5.74) is 0.858. The number of Topliss-reactive ketones (excluding diaryl/α,β-unsaturated/α-hetero) is 1. The Balaban J connectivity index is 1.92. The quantitative estimate of drug-likeness (QED) is 0.513. The van der Waals surface area contributed by atoms with E-state index >= 15 is 0 Å². The molecule has 1 fully saturated rings. The van der Waals surface area contributed by atoms with Crippen LogP contribution in [0, 0.1) is 5.92 Å². The number of ether oxygens (including phenoxy) is 1. The summed E-state index contributed by atoms with van der Waals surface area (Å²) >= 11 is 0. The first kappa shape index (κ1) is 21.0. The van der Waals surface area contributed by atoms with Gasteiger partial charge in [-0.1, -0.05) is 13.8 Å². The van der Waals surface area contributed by atoms with Gasteiger partial charge in [0, 0.05) is 23.7 Å². The zero-order valence-corrected chi connectivity index (χ0v) is 16.0. The maximum absolute atomic E-state index is 12.2. The molecule has 1 aromatic carbocycles. The molecule has 1 aliphatic heterocycles. The molecule has 3 N–H and O–H groups in total. The van der Waals surface area contributed by atoms with Crippen LogP contribution >= 0.6 is 0 Å². The third kappa shape index (κ3) is 5.59. The highest BCUT2D eigenvalue weighted by Crippen LogP contribution is 2.20. The van der Waals surface area contributed by atoms with Crippen molar-refractivity contribution in [1.29, 1.82) is 0 Å². The molecule has 10 heteroatoms. The Morgan fingerprint density at radius 1 is 1.26 bits per heavy atom. The number of nitrogens with two attached hydrogens (primary N) is 1. The lowest BCUT2D eigenvalue weighted by Gasteiger charge is -2.19. The molecular formula is C17H23N3O6S. The van der Waals surface area contributed by atoms with Gasteiger partial charge in [0.15, 0.2) is 12.4 Å². The van der Waals surface area contributed by atoms with Crippen molar-refractivity contribution in [3.05, 3.63) is 29.8 Å². The van der Waals surface area contributed by atoms with E-state index in [1.807, 2.05) is 0 Å². The van der Waals surface area contributed by atoms with Crippen LogP contribution in [-0.4, -0.2) is 49.6 Å². The van der Waals surface area contributed by atoms with Gasteiger partial charge in [0.25, 0.3) is 10.2 Å². The van der Waals surface area contributed by atoms with E-state index in [1.165, 1.54) is 12.1 Å². The number of esters is 1.